The van der Waals surface area contributed by atoms with Crippen LogP contribution < -0.4 is 0 Å². The molecule has 0 radical (unpaired) electrons. The average Bonchev–Trinajstić information content (AvgIpc) is 2.10. The Bertz CT molecular complexity index is 236. The van der Waals surface area contributed by atoms with Crippen LogP contribution in [0.25, 0.3) is 0 Å². The molecule has 1 atom stereocenters. The molecule has 1 nitrogen and oxygen atoms in total. The first kappa shape index (κ1) is 9.26. The smallest absolute Gasteiger partial charge is 0.0267 e. The molecule has 0 saturated carbocycles. The molecule has 13 heavy (non-hydrogen) atoms. The monoisotopic (exact) mass is 179 g/mol. The molecule has 2 saturated heterocycles. The Morgan fingerprint density at radius 3 is 2.54 bits per heavy atom. The summed E-state index contributed by atoms with van der Waals surface area (Å²) >= 11 is 0. The van der Waals surface area contributed by atoms with Crippen LogP contribution >= 0.6 is 0 Å². The second-order valence-electron chi connectivity index (χ2n) is 6.06. The lowest BCUT2D eigenvalue weighted by Crippen LogP contribution is -2.56. The van der Waals surface area contributed by atoms with Crippen LogP contribution in [-0.2, 0) is 0 Å². The molecule has 2 fully saturated rings. The standard InChI is InChI=1S/C12H21N/c1-10-7-12(9-11(2,3)4)5-6-13(12)8-10/h1,5-9H2,2-4H3. The third kappa shape index (κ3) is 1.54. The van der Waals surface area contributed by atoms with Gasteiger partial charge in [0.05, 0.1) is 0 Å². The molecule has 0 aromatic carbocycles. The van der Waals surface area contributed by atoms with E-state index in [1.807, 2.05) is 0 Å². The molecular weight excluding hydrogens is 158 g/mol. The third-order valence-electron chi connectivity index (χ3n) is 3.37. The molecule has 0 amide bonds. The first-order valence-corrected chi connectivity index (χ1v) is 5.33. The van der Waals surface area contributed by atoms with E-state index in [1.54, 1.807) is 0 Å². The highest BCUT2D eigenvalue weighted by molar-refractivity contribution is 5.20. The number of fused-ring (bicyclic) bond motifs is 1. The van der Waals surface area contributed by atoms with Crippen LogP contribution in [-0.4, -0.2) is 23.5 Å². The molecule has 0 bridgehead atoms. The Balaban J connectivity index is 2.09. The van der Waals surface area contributed by atoms with Crippen molar-refractivity contribution in [3.63, 3.8) is 0 Å². The molecule has 0 aromatic rings. The molecule has 0 aliphatic carbocycles. The normalized spacial score (nSPS) is 34.5. The minimum absolute atomic E-state index is 0.462. The quantitative estimate of drug-likeness (QED) is 0.559. The van der Waals surface area contributed by atoms with Gasteiger partial charge in [-0.25, -0.2) is 0 Å². The maximum Gasteiger partial charge on any atom is 0.0267 e. The lowest BCUT2D eigenvalue weighted by molar-refractivity contribution is -0.00550. The van der Waals surface area contributed by atoms with Crippen LogP contribution in [0.5, 0.6) is 0 Å². The Hall–Kier alpha value is -0.300. The van der Waals surface area contributed by atoms with Gasteiger partial charge < -0.3 is 0 Å². The molecule has 0 N–H and O–H groups in total. The van der Waals surface area contributed by atoms with Gasteiger partial charge >= 0.3 is 0 Å². The summed E-state index contributed by atoms with van der Waals surface area (Å²) in [4.78, 5) is 2.63. The highest BCUT2D eigenvalue weighted by Gasteiger charge is 2.50. The van der Waals surface area contributed by atoms with Crippen molar-refractivity contribution in [3.8, 4) is 0 Å². The van der Waals surface area contributed by atoms with E-state index in [-0.39, 0.29) is 0 Å². The molecule has 2 heterocycles. The van der Waals surface area contributed by atoms with Crippen LogP contribution in [0.4, 0.5) is 0 Å². The van der Waals surface area contributed by atoms with Gasteiger partial charge in [-0.3, -0.25) is 4.90 Å². The summed E-state index contributed by atoms with van der Waals surface area (Å²) in [7, 11) is 0. The average molecular weight is 179 g/mol. The van der Waals surface area contributed by atoms with E-state index >= 15 is 0 Å². The topological polar surface area (TPSA) is 3.24 Å². The summed E-state index contributed by atoms with van der Waals surface area (Å²) in [5.41, 5.74) is 2.43. The third-order valence-corrected chi connectivity index (χ3v) is 3.37. The SMILES string of the molecule is C=C1CN2CCC2(CC(C)(C)C)C1. The van der Waals surface area contributed by atoms with Gasteiger partial charge in [0.15, 0.2) is 0 Å². The van der Waals surface area contributed by atoms with Crippen LogP contribution in [0.2, 0.25) is 0 Å². The van der Waals surface area contributed by atoms with E-state index in [4.69, 9.17) is 0 Å². The van der Waals surface area contributed by atoms with Gasteiger partial charge in [0.1, 0.15) is 0 Å². The minimum Gasteiger partial charge on any atom is -0.293 e. The molecule has 2 rings (SSSR count). The molecule has 2 aliphatic rings. The van der Waals surface area contributed by atoms with Crippen molar-refractivity contribution in [3.05, 3.63) is 12.2 Å². The molecule has 0 spiro atoms. The van der Waals surface area contributed by atoms with E-state index in [9.17, 15) is 0 Å². The second kappa shape index (κ2) is 2.60. The van der Waals surface area contributed by atoms with Crippen molar-refractivity contribution < 1.29 is 0 Å². The van der Waals surface area contributed by atoms with E-state index < -0.39 is 0 Å². The molecule has 1 unspecified atom stereocenters. The van der Waals surface area contributed by atoms with Gasteiger partial charge in [0.25, 0.3) is 0 Å². The Morgan fingerprint density at radius 2 is 2.15 bits per heavy atom. The lowest BCUT2D eigenvalue weighted by Gasteiger charge is -2.51. The summed E-state index contributed by atoms with van der Waals surface area (Å²) in [5, 5.41) is 0. The maximum atomic E-state index is 4.13. The van der Waals surface area contributed by atoms with Crippen molar-refractivity contribution >= 4 is 0 Å². The Morgan fingerprint density at radius 1 is 1.46 bits per heavy atom. The molecule has 1 heteroatoms. The van der Waals surface area contributed by atoms with Gasteiger partial charge in [-0.15, -0.1) is 0 Å². The zero-order valence-electron chi connectivity index (χ0n) is 9.19. The highest BCUT2D eigenvalue weighted by Crippen LogP contribution is 2.48. The minimum atomic E-state index is 0.462. The van der Waals surface area contributed by atoms with E-state index in [0.29, 0.717) is 11.0 Å². The van der Waals surface area contributed by atoms with Crippen LogP contribution in [0.3, 0.4) is 0 Å². The highest BCUT2D eigenvalue weighted by atomic mass is 15.3. The molecule has 2 aliphatic heterocycles. The largest absolute Gasteiger partial charge is 0.293 e. The maximum absolute atomic E-state index is 4.13. The lowest BCUT2D eigenvalue weighted by atomic mass is 9.72. The van der Waals surface area contributed by atoms with Gasteiger partial charge in [-0.2, -0.15) is 0 Å². The van der Waals surface area contributed by atoms with Gasteiger partial charge in [0, 0.05) is 18.6 Å². The van der Waals surface area contributed by atoms with Gasteiger partial charge in [-0.1, -0.05) is 32.9 Å². The predicted octanol–water partition coefficient (Wildman–Crippen LogP) is 2.83. The number of hydrogen-bond donors (Lipinski definition) is 0. The van der Waals surface area contributed by atoms with E-state index in [2.05, 4.69) is 32.3 Å². The summed E-state index contributed by atoms with van der Waals surface area (Å²) in [6.45, 7) is 13.6. The Kier molecular flexibility index (Phi) is 1.85. The fourth-order valence-corrected chi connectivity index (χ4v) is 3.07. The summed E-state index contributed by atoms with van der Waals surface area (Å²) in [6, 6.07) is 0. The van der Waals surface area contributed by atoms with Crippen molar-refractivity contribution in [1.29, 1.82) is 0 Å². The zero-order chi connectivity index (χ0) is 9.69. The van der Waals surface area contributed by atoms with Crippen molar-refractivity contribution in [2.75, 3.05) is 13.1 Å². The predicted molar refractivity (Wildman–Crippen MR) is 56.8 cm³/mol. The van der Waals surface area contributed by atoms with Gasteiger partial charge in [0.2, 0.25) is 0 Å². The van der Waals surface area contributed by atoms with Crippen molar-refractivity contribution in [1.82, 2.24) is 4.90 Å². The van der Waals surface area contributed by atoms with Crippen molar-refractivity contribution in [2.24, 2.45) is 5.41 Å². The Labute approximate surface area is 81.8 Å². The fraction of sp³-hybridized carbons (Fsp3) is 0.833. The van der Waals surface area contributed by atoms with Gasteiger partial charge in [-0.05, 0) is 24.7 Å². The number of rotatable bonds is 1. The van der Waals surface area contributed by atoms with Crippen LogP contribution in [0, 0.1) is 5.41 Å². The fourth-order valence-electron chi connectivity index (χ4n) is 3.07. The first-order chi connectivity index (χ1) is 5.91. The zero-order valence-corrected chi connectivity index (χ0v) is 9.19. The summed E-state index contributed by atoms with van der Waals surface area (Å²) in [6.07, 6.45) is 3.98. The number of hydrogen-bond acceptors (Lipinski definition) is 1. The van der Waals surface area contributed by atoms with Crippen molar-refractivity contribution in [2.45, 2.75) is 45.6 Å². The molecule has 74 valence electrons. The first-order valence-electron chi connectivity index (χ1n) is 5.33. The molecular formula is C12H21N. The second-order valence-corrected chi connectivity index (χ2v) is 6.06. The van der Waals surface area contributed by atoms with E-state index in [1.165, 1.54) is 31.4 Å². The van der Waals surface area contributed by atoms with Crippen LogP contribution in [0.1, 0.15) is 40.0 Å². The summed E-state index contributed by atoms with van der Waals surface area (Å²) in [5.74, 6) is 0. The van der Waals surface area contributed by atoms with E-state index in [0.717, 1.165) is 6.54 Å². The van der Waals surface area contributed by atoms with Crippen LogP contribution in [0.15, 0.2) is 12.2 Å². The summed E-state index contributed by atoms with van der Waals surface area (Å²) < 4.78 is 0. The number of nitrogens with zero attached hydrogens (tertiary/aromatic N) is 1. The molecule has 0 aromatic heterocycles.